The van der Waals surface area contributed by atoms with Crippen molar-refractivity contribution < 1.29 is 9.90 Å². The smallest absolute Gasteiger partial charge is 0.226 e. The van der Waals surface area contributed by atoms with Gasteiger partial charge in [-0.3, -0.25) is 4.79 Å². The van der Waals surface area contributed by atoms with Crippen molar-refractivity contribution in [1.29, 1.82) is 0 Å². The molecule has 0 aliphatic heterocycles. The maximum absolute atomic E-state index is 11.9. The number of aliphatic hydroxyl groups is 1. The molecular weight excluding hydrogens is 178 g/mol. The molecule has 0 aromatic carbocycles. The van der Waals surface area contributed by atoms with E-state index in [2.05, 4.69) is 20.8 Å². The fourth-order valence-corrected chi connectivity index (χ4v) is 1.83. The van der Waals surface area contributed by atoms with Gasteiger partial charge in [-0.05, 0) is 18.3 Å². The van der Waals surface area contributed by atoms with E-state index in [-0.39, 0.29) is 23.8 Å². The Morgan fingerprint density at radius 3 is 2.43 bits per heavy atom. The highest BCUT2D eigenvalue weighted by Crippen LogP contribution is 2.52. The summed E-state index contributed by atoms with van der Waals surface area (Å²) >= 11 is 0. The Morgan fingerprint density at radius 2 is 2.07 bits per heavy atom. The van der Waals surface area contributed by atoms with E-state index < -0.39 is 0 Å². The minimum atomic E-state index is 0.0683. The van der Waals surface area contributed by atoms with Gasteiger partial charge in [0.25, 0.3) is 0 Å². The first-order chi connectivity index (χ1) is 6.53. The third-order valence-electron chi connectivity index (χ3n) is 2.99. The standard InChI is InChI=1S/C11H21NO2/c1-4-5-12(6-7-13)10(14)9-8-11(9,2)3/h9,13H,4-8H2,1-3H3. The van der Waals surface area contributed by atoms with Crippen molar-refractivity contribution in [2.24, 2.45) is 11.3 Å². The van der Waals surface area contributed by atoms with Gasteiger partial charge in [0.05, 0.1) is 6.61 Å². The van der Waals surface area contributed by atoms with Crippen LogP contribution in [0.4, 0.5) is 0 Å². The summed E-state index contributed by atoms with van der Waals surface area (Å²) in [6, 6.07) is 0. The maximum Gasteiger partial charge on any atom is 0.226 e. The van der Waals surface area contributed by atoms with Crippen LogP contribution in [0.1, 0.15) is 33.6 Å². The average Bonchev–Trinajstić information content (AvgIpc) is 2.74. The van der Waals surface area contributed by atoms with Gasteiger partial charge in [-0.15, -0.1) is 0 Å². The van der Waals surface area contributed by atoms with E-state index in [1.807, 2.05) is 0 Å². The van der Waals surface area contributed by atoms with Crippen LogP contribution in [0.15, 0.2) is 0 Å². The molecule has 0 spiro atoms. The second kappa shape index (κ2) is 4.30. The Labute approximate surface area is 86.1 Å². The van der Waals surface area contributed by atoms with Crippen molar-refractivity contribution >= 4 is 5.91 Å². The van der Waals surface area contributed by atoms with Crippen molar-refractivity contribution in [2.45, 2.75) is 33.6 Å². The van der Waals surface area contributed by atoms with Gasteiger partial charge in [0.2, 0.25) is 5.91 Å². The summed E-state index contributed by atoms with van der Waals surface area (Å²) in [6.07, 6.45) is 1.95. The molecule has 1 rings (SSSR count). The van der Waals surface area contributed by atoms with E-state index in [0.29, 0.717) is 6.54 Å². The second-order valence-electron chi connectivity index (χ2n) is 4.79. The first kappa shape index (κ1) is 11.5. The zero-order valence-electron chi connectivity index (χ0n) is 9.42. The summed E-state index contributed by atoms with van der Waals surface area (Å²) in [6.45, 7) is 7.62. The van der Waals surface area contributed by atoms with Crippen LogP contribution < -0.4 is 0 Å². The van der Waals surface area contributed by atoms with E-state index in [9.17, 15) is 4.79 Å². The first-order valence-corrected chi connectivity index (χ1v) is 5.42. The van der Waals surface area contributed by atoms with Gasteiger partial charge >= 0.3 is 0 Å². The van der Waals surface area contributed by atoms with Crippen molar-refractivity contribution in [2.75, 3.05) is 19.7 Å². The van der Waals surface area contributed by atoms with Crippen LogP contribution in [0, 0.1) is 11.3 Å². The Balaban J connectivity index is 2.47. The number of hydrogen-bond donors (Lipinski definition) is 1. The molecular formula is C11H21NO2. The van der Waals surface area contributed by atoms with Crippen LogP contribution in [0.5, 0.6) is 0 Å². The molecule has 1 N–H and O–H groups in total. The molecule has 14 heavy (non-hydrogen) atoms. The molecule has 0 radical (unpaired) electrons. The number of rotatable bonds is 5. The Bertz CT molecular complexity index is 207. The lowest BCUT2D eigenvalue weighted by Gasteiger charge is -2.21. The predicted molar refractivity (Wildman–Crippen MR) is 55.8 cm³/mol. The Kier molecular flexibility index (Phi) is 3.53. The predicted octanol–water partition coefficient (Wildman–Crippen LogP) is 1.26. The van der Waals surface area contributed by atoms with E-state index in [0.717, 1.165) is 19.4 Å². The third-order valence-corrected chi connectivity index (χ3v) is 2.99. The molecule has 82 valence electrons. The molecule has 1 aliphatic rings. The number of nitrogens with zero attached hydrogens (tertiary/aromatic N) is 1. The zero-order chi connectivity index (χ0) is 10.8. The van der Waals surface area contributed by atoms with Crippen molar-refractivity contribution in [1.82, 2.24) is 4.90 Å². The van der Waals surface area contributed by atoms with Gasteiger partial charge in [-0.1, -0.05) is 20.8 Å². The molecule has 0 heterocycles. The van der Waals surface area contributed by atoms with Crippen molar-refractivity contribution in [3.05, 3.63) is 0 Å². The number of aliphatic hydroxyl groups excluding tert-OH is 1. The SMILES string of the molecule is CCCN(CCO)C(=O)C1CC1(C)C. The monoisotopic (exact) mass is 199 g/mol. The maximum atomic E-state index is 11.9. The van der Waals surface area contributed by atoms with Crippen LogP contribution >= 0.6 is 0 Å². The Morgan fingerprint density at radius 1 is 1.50 bits per heavy atom. The van der Waals surface area contributed by atoms with Gasteiger partial charge in [0.15, 0.2) is 0 Å². The summed E-state index contributed by atoms with van der Waals surface area (Å²) in [5.41, 5.74) is 0.193. The van der Waals surface area contributed by atoms with E-state index >= 15 is 0 Å². The number of carbonyl (C=O) groups excluding carboxylic acids is 1. The highest BCUT2D eigenvalue weighted by atomic mass is 16.3. The van der Waals surface area contributed by atoms with Crippen LogP contribution in [0.2, 0.25) is 0 Å². The molecule has 0 aromatic heterocycles. The quantitative estimate of drug-likeness (QED) is 0.724. The lowest BCUT2D eigenvalue weighted by atomic mass is 10.1. The molecule has 1 aliphatic carbocycles. The van der Waals surface area contributed by atoms with Crippen LogP contribution in [0.25, 0.3) is 0 Å². The van der Waals surface area contributed by atoms with Gasteiger partial charge in [0, 0.05) is 19.0 Å². The highest BCUT2D eigenvalue weighted by molar-refractivity contribution is 5.82. The molecule has 1 amide bonds. The van der Waals surface area contributed by atoms with Crippen molar-refractivity contribution in [3.8, 4) is 0 Å². The summed E-state index contributed by atoms with van der Waals surface area (Å²) in [4.78, 5) is 13.7. The molecule has 0 aromatic rings. The zero-order valence-corrected chi connectivity index (χ0v) is 9.42. The topological polar surface area (TPSA) is 40.5 Å². The first-order valence-electron chi connectivity index (χ1n) is 5.42. The van der Waals surface area contributed by atoms with Gasteiger partial charge in [-0.2, -0.15) is 0 Å². The van der Waals surface area contributed by atoms with Crippen LogP contribution in [0.3, 0.4) is 0 Å². The van der Waals surface area contributed by atoms with Crippen LogP contribution in [-0.2, 0) is 4.79 Å². The number of hydrogen-bond acceptors (Lipinski definition) is 2. The van der Waals surface area contributed by atoms with E-state index in [1.54, 1.807) is 4.90 Å². The molecule has 1 fully saturated rings. The largest absolute Gasteiger partial charge is 0.395 e. The molecule has 1 saturated carbocycles. The minimum Gasteiger partial charge on any atom is -0.395 e. The summed E-state index contributed by atoms with van der Waals surface area (Å²) in [5.74, 6) is 0.423. The normalized spacial score (nSPS) is 23.3. The number of amides is 1. The highest BCUT2D eigenvalue weighted by Gasteiger charge is 2.51. The lowest BCUT2D eigenvalue weighted by Crippen LogP contribution is -2.36. The van der Waals surface area contributed by atoms with Gasteiger partial charge in [-0.25, -0.2) is 0 Å². The van der Waals surface area contributed by atoms with E-state index in [4.69, 9.17) is 5.11 Å². The average molecular weight is 199 g/mol. The fraction of sp³-hybridized carbons (Fsp3) is 0.909. The molecule has 0 bridgehead atoms. The van der Waals surface area contributed by atoms with Gasteiger partial charge < -0.3 is 10.0 Å². The van der Waals surface area contributed by atoms with Crippen LogP contribution in [-0.4, -0.2) is 35.6 Å². The minimum absolute atomic E-state index is 0.0683. The second-order valence-corrected chi connectivity index (χ2v) is 4.79. The summed E-state index contributed by atoms with van der Waals surface area (Å²) in [5, 5.41) is 8.85. The number of carbonyl (C=O) groups is 1. The molecule has 1 unspecified atom stereocenters. The Hall–Kier alpha value is -0.570. The lowest BCUT2D eigenvalue weighted by molar-refractivity contribution is -0.133. The molecule has 3 nitrogen and oxygen atoms in total. The molecule has 3 heteroatoms. The third kappa shape index (κ3) is 2.47. The fourth-order valence-electron chi connectivity index (χ4n) is 1.83. The molecule has 1 atom stereocenters. The summed E-state index contributed by atoms with van der Waals surface area (Å²) < 4.78 is 0. The summed E-state index contributed by atoms with van der Waals surface area (Å²) in [7, 11) is 0. The molecule has 0 saturated heterocycles. The van der Waals surface area contributed by atoms with E-state index in [1.165, 1.54) is 0 Å². The van der Waals surface area contributed by atoms with Gasteiger partial charge in [0.1, 0.15) is 0 Å². The van der Waals surface area contributed by atoms with Crippen molar-refractivity contribution in [3.63, 3.8) is 0 Å².